The molecule has 0 spiro atoms. The summed E-state index contributed by atoms with van der Waals surface area (Å²) < 4.78 is 16.2. The Hall–Kier alpha value is -3.68. The van der Waals surface area contributed by atoms with Gasteiger partial charge in [0.2, 0.25) is 0 Å². The number of rotatable bonds is 6. The normalized spacial score (nSPS) is 16.8. The van der Waals surface area contributed by atoms with E-state index < -0.39 is 23.5 Å². The molecule has 1 aliphatic heterocycles. The zero-order valence-corrected chi connectivity index (χ0v) is 21.5. The van der Waals surface area contributed by atoms with Gasteiger partial charge in [0.25, 0.3) is 11.7 Å². The van der Waals surface area contributed by atoms with Gasteiger partial charge < -0.3 is 19.3 Å². The van der Waals surface area contributed by atoms with Crippen LogP contribution in [0.3, 0.4) is 0 Å². The first kappa shape index (κ1) is 25.4. The van der Waals surface area contributed by atoms with E-state index in [-0.39, 0.29) is 32.7 Å². The molecule has 36 heavy (non-hydrogen) atoms. The highest BCUT2D eigenvalue weighted by Gasteiger charge is 2.48. The van der Waals surface area contributed by atoms with Gasteiger partial charge in [-0.05, 0) is 31.2 Å². The molecular weight excluding hydrogens is 505 g/mol. The number of ether oxygens (including phenoxy) is 3. The minimum Gasteiger partial charge on any atom is -0.507 e. The molecular formula is C27H23Cl2NO6. The van der Waals surface area contributed by atoms with Crippen molar-refractivity contribution in [1.29, 1.82) is 0 Å². The Labute approximate surface area is 218 Å². The summed E-state index contributed by atoms with van der Waals surface area (Å²) in [6.45, 7) is 1.92. The number of anilines is 1. The number of hydrogen-bond acceptors (Lipinski definition) is 6. The Morgan fingerprint density at radius 3 is 2.17 bits per heavy atom. The van der Waals surface area contributed by atoms with Gasteiger partial charge in [-0.15, -0.1) is 0 Å². The molecule has 7 nitrogen and oxygen atoms in total. The highest BCUT2D eigenvalue weighted by molar-refractivity contribution is 6.52. The largest absolute Gasteiger partial charge is 0.507 e. The second-order valence-corrected chi connectivity index (χ2v) is 8.82. The van der Waals surface area contributed by atoms with Crippen LogP contribution in [0.15, 0.2) is 60.2 Å². The van der Waals surface area contributed by atoms with Gasteiger partial charge in [0.15, 0.2) is 11.5 Å². The molecule has 1 amide bonds. The van der Waals surface area contributed by atoms with E-state index in [0.717, 1.165) is 5.56 Å². The number of amides is 1. The van der Waals surface area contributed by atoms with Crippen molar-refractivity contribution >= 4 is 46.3 Å². The molecule has 1 aliphatic rings. The molecule has 1 unspecified atom stereocenters. The SMILES string of the molecule is COc1ccccc1C1/C(=C(\O)c2cc(Cl)c(OC)c(Cl)c2OC)C(=O)C(=O)N1c1ccc(C)cc1. The van der Waals surface area contributed by atoms with E-state index in [9.17, 15) is 14.7 Å². The molecule has 1 fully saturated rings. The van der Waals surface area contributed by atoms with Crippen LogP contribution in [0.2, 0.25) is 10.0 Å². The standard InChI is InChI=1S/C27H23Cl2NO6/c1-14-9-11-15(12-10-14)30-22(16-7-5-6-8-19(16)34-2)20(24(32)27(30)33)23(31)17-13-18(28)26(36-4)21(29)25(17)35-3/h5-13,22,31H,1-4H3/b23-20+. The van der Waals surface area contributed by atoms with Crippen molar-refractivity contribution in [2.24, 2.45) is 0 Å². The summed E-state index contributed by atoms with van der Waals surface area (Å²) in [5, 5.41) is 11.6. The maximum atomic E-state index is 13.5. The van der Waals surface area contributed by atoms with E-state index in [4.69, 9.17) is 37.4 Å². The van der Waals surface area contributed by atoms with Crippen LogP contribution in [-0.4, -0.2) is 38.1 Å². The van der Waals surface area contributed by atoms with Crippen LogP contribution >= 0.6 is 23.2 Å². The Kier molecular flexibility index (Phi) is 7.15. The van der Waals surface area contributed by atoms with Gasteiger partial charge in [0.05, 0.1) is 43.5 Å². The third-order valence-corrected chi connectivity index (χ3v) is 6.61. The van der Waals surface area contributed by atoms with Crippen LogP contribution < -0.4 is 19.1 Å². The minimum absolute atomic E-state index is 0.00987. The lowest BCUT2D eigenvalue weighted by molar-refractivity contribution is -0.132. The molecule has 1 N–H and O–H groups in total. The minimum atomic E-state index is -1.01. The van der Waals surface area contributed by atoms with Crippen molar-refractivity contribution in [2.45, 2.75) is 13.0 Å². The molecule has 1 heterocycles. The van der Waals surface area contributed by atoms with Crippen LogP contribution in [0.25, 0.3) is 5.76 Å². The van der Waals surface area contributed by atoms with Crippen molar-refractivity contribution in [3.8, 4) is 17.2 Å². The van der Waals surface area contributed by atoms with Gasteiger partial charge in [-0.2, -0.15) is 0 Å². The number of carbonyl (C=O) groups is 2. The number of aliphatic hydroxyl groups excluding tert-OH is 1. The first-order valence-corrected chi connectivity index (χ1v) is 11.6. The first-order valence-electron chi connectivity index (χ1n) is 10.9. The Bertz CT molecular complexity index is 1380. The molecule has 9 heteroatoms. The van der Waals surface area contributed by atoms with Crippen molar-refractivity contribution in [1.82, 2.24) is 0 Å². The van der Waals surface area contributed by atoms with E-state index in [0.29, 0.717) is 17.0 Å². The topological polar surface area (TPSA) is 85.3 Å². The maximum Gasteiger partial charge on any atom is 0.300 e. The summed E-state index contributed by atoms with van der Waals surface area (Å²) in [5.41, 5.74) is 1.84. The smallest absolute Gasteiger partial charge is 0.300 e. The lowest BCUT2D eigenvalue weighted by atomic mass is 9.94. The Morgan fingerprint density at radius 2 is 1.56 bits per heavy atom. The zero-order chi connectivity index (χ0) is 26.1. The van der Waals surface area contributed by atoms with Gasteiger partial charge in [0, 0.05) is 11.3 Å². The van der Waals surface area contributed by atoms with Crippen LogP contribution in [0.4, 0.5) is 5.69 Å². The summed E-state index contributed by atoms with van der Waals surface area (Å²) in [5.74, 6) is -1.56. The van der Waals surface area contributed by atoms with Crippen LogP contribution in [0, 0.1) is 6.92 Å². The van der Waals surface area contributed by atoms with Crippen molar-refractivity contribution < 1.29 is 28.9 Å². The van der Waals surface area contributed by atoms with Gasteiger partial charge >= 0.3 is 0 Å². The number of aryl methyl sites for hydroxylation is 1. The zero-order valence-electron chi connectivity index (χ0n) is 20.0. The summed E-state index contributed by atoms with van der Waals surface area (Å²) >= 11 is 12.8. The quantitative estimate of drug-likeness (QED) is 0.242. The summed E-state index contributed by atoms with van der Waals surface area (Å²) in [4.78, 5) is 28.2. The van der Waals surface area contributed by atoms with Gasteiger partial charge in [-0.1, -0.05) is 59.1 Å². The van der Waals surface area contributed by atoms with E-state index in [1.165, 1.54) is 32.3 Å². The number of benzene rings is 3. The van der Waals surface area contributed by atoms with Crippen molar-refractivity contribution in [2.75, 3.05) is 26.2 Å². The number of nitrogens with zero attached hydrogens (tertiary/aromatic N) is 1. The highest BCUT2D eigenvalue weighted by Crippen LogP contribution is 2.49. The second kappa shape index (κ2) is 10.1. The Balaban J connectivity index is 2.05. The molecule has 3 aromatic rings. The molecule has 0 aliphatic carbocycles. The molecule has 0 bridgehead atoms. The predicted molar refractivity (Wildman–Crippen MR) is 139 cm³/mol. The van der Waals surface area contributed by atoms with Gasteiger partial charge in [-0.3, -0.25) is 14.5 Å². The molecule has 4 rings (SSSR count). The fourth-order valence-corrected chi connectivity index (χ4v) is 4.97. The van der Waals surface area contributed by atoms with Crippen molar-refractivity contribution in [3.05, 3.63) is 86.9 Å². The summed E-state index contributed by atoms with van der Waals surface area (Å²) in [6.07, 6.45) is 0. The molecule has 0 radical (unpaired) electrons. The fraction of sp³-hybridized carbons (Fsp3) is 0.185. The monoisotopic (exact) mass is 527 g/mol. The number of ketones is 1. The number of halogens is 2. The maximum absolute atomic E-state index is 13.5. The first-order chi connectivity index (χ1) is 17.2. The fourth-order valence-electron chi connectivity index (χ4n) is 4.28. The molecule has 3 aromatic carbocycles. The predicted octanol–water partition coefficient (Wildman–Crippen LogP) is 5.95. The molecule has 1 saturated heterocycles. The van der Waals surface area contributed by atoms with Crippen LogP contribution in [0.5, 0.6) is 17.2 Å². The number of methoxy groups -OCH3 is 3. The lowest BCUT2D eigenvalue weighted by Crippen LogP contribution is -2.29. The molecule has 0 aromatic heterocycles. The third-order valence-electron chi connectivity index (χ3n) is 5.98. The summed E-state index contributed by atoms with van der Waals surface area (Å²) in [6, 6.07) is 14.5. The number of carbonyl (C=O) groups excluding carboxylic acids is 2. The van der Waals surface area contributed by atoms with E-state index >= 15 is 0 Å². The van der Waals surface area contributed by atoms with Gasteiger partial charge in [0.1, 0.15) is 16.5 Å². The molecule has 0 saturated carbocycles. The number of hydrogen-bond donors (Lipinski definition) is 1. The van der Waals surface area contributed by atoms with Crippen LogP contribution in [-0.2, 0) is 9.59 Å². The second-order valence-electron chi connectivity index (χ2n) is 8.03. The van der Waals surface area contributed by atoms with Gasteiger partial charge in [-0.25, -0.2) is 0 Å². The summed E-state index contributed by atoms with van der Waals surface area (Å²) in [7, 11) is 4.23. The highest BCUT2D eigenvalue weighted by atomic mass is 35.5. The molecule has 186 valence electrons. The molecule has 1 atom stereocenters. The van der Waals surface area contributed by atoms with E-state index in [1.54, 1.807) is 36.4 Å². The van der Waals surface area contributed by atoms with E-state index in [2.05, 4.69) is 0 Å². The third kappa shape index (κ3) is 4.14. The number of Topliss-reactive ketones (excluding diaryl/α,β-unsaturated/α-hetero) is 1. The van der Waals surface area contributed by atoms with Crippen molar-refractivity contribution in [3.63, 3.8) is 0 Å². The number of para-hydroxylation sites is 1. The average molecular weight is 528 g/mol. The average Bonchev–Trinajstić information content (AvgIpc) is 3.14. The van der Waals surface area contributed by atoms with E-state index in [1.807, 2.05) is 19.1 Å². The lowest BCUT2D eigenvalue weighted by Gasteiger charge is -2.27. The Morgan fingerprint density at radius 1 is 0.917 bits per heavy atom. The number of aliphatic hydroxyl groups is 1. The van der Waals surface area contributed by atoms with Crippen LogP contribution in [0.1, 0.15) is 22.7 Å².